The smallest absolute Gasteiger partial charge is 0.305 e. The third-order valence-electron chi connectivity index (χ3n) is 8.53. The van der Waals surface area contributed by atoms with Gasteiger partial charge < -0.3 is 25.1 Å². The van der Waals surface area contributed by atoms with Crippen LogP contribution in [0.15, 0.2) is 121 Å². The van der Waals surface area contributed by atoms with Crippen LogP contribution < -0.4 is 9.47 Å². The van der Waals surface area contributed by atoms with Crippen LogP contribution in [0.3, 0.4) is 0 Å². The number of aliphatic hydroxyl groups excluding tert-OH is 1. The number of nitrogens with zero attached hydrogens (tertiary/aromatic N) is 2. The van der Waals surface area contributed by atoms with Crippen molar-refractivity contribution in [2.45, 2.75) is 50.9 Å². The minimum atomic E-state index is -1.13. The molecule has 48 heavy (non-hydrogen) atoms. The number of aliphatic carboxylic acids is 1. The average Bonchev–Trinajstić information content (AvgIpc) is 3.09. The summed E-state index contributed by atoms with van der Waals surface area (Å²) in [5, 5.41) is 30.2. The molecule has 2 aromatic heterocycles. The van der Waals surface area contributed by atoms with Crippen LogP contribution in [0.2, 0.25) is 0 Å². The van der Waals surface area contributed by atoms with E-state index in [-0.39, 0.29) is 18.6 Å². The van der Waals surface area contributed by atoms with Gasteiger partial charge in [0.15, 0.2) is 0 Å². The van der Waals surface area contributed by atoms with Crippen LogP contribution in [0, 0.1) is 5.41 Å². The molecule has 0 radical (unpaired) electrons. The first-order valence-corrected chi connectivity index (χ1v) is 15.9. The van der Waals surface area contributed by atoms with Gasteiger partial charge in [-0.15, -0.1) is 0 Å². The molecule has 2 heterocycles. The fraction of sp³-hybridized carbons (Fsp3) is 0.200. The summed E-state index contributed by atoms with van der Waals surface area (Å²) in [6, 6.07) is 39.5. The first-order valence-electron chi connectivity index (χ1n) is 15.9. The van der Waals surface area contributed by atoms with Crippen molar-refractivity contribution < 1.29 is 24.5 Å². The molecule has 6 aromatic rings. The molecule has 0 aliphatic rings. The van der Waals surface area contributed by atoms with Gasteiger partial charge in [-0.1, -0.05) is 79.7 Å². The van der Waals surface area contributed by atoms with Crippen LogP contribution in [0.1, 0.15) is 48.7 Å². The topological polar surface area (TPSA) is 126 Å². The number of pyridine rings is 2. The van der Waals surface area contributed by atoms with E-state index in [1.54, 1.807) is 0 Å². The van der Waals surface area contributed by atoms with Crippen molar-refractivity contribution in [3.63, 3.8) is 0 Å². The van der Waals surface area contributed by atoms with Crippen molar-refractivity contribution in [1.82, 2.24) is 9.97 Å². The number of aromatic nitrogens is 2. The number of ether oxygens (including phenoxy) is 2. The summed E-state index contributed by atoms with van der Waals surface area (Å²) in [6.45, 7) is 2.70. The van der Waals surface area contributed by atoms with E-state index in [4.69, 9.17) is 30.0 Å². The van der Waals surface area contributed by atoms with Gasteiger partial charge in [0.2, 0.25) is 0 Å². The van der Waals surface area contributed by atoms with Gasteiger partial charge in [0, 0.05) is 28.3 Å². The maximum Gasteiger partial charge on any atom is 0.305 e. The van der Waals surface area contributed by atoms with Crippen molar-refractivity contribution in [2.24, 2.45) is 0 Å². The molecule has 0 aliphatic heterocycles. The van der Waals surface area contributed by atoms with Gasteiger partial charge in [-0.05, 0) is 66.1 Å². The Morgan fingerprint density at radius 1 is 0.688 bits per heavy atom. The number of carbonyl (C=O) groups is 1. The zero-order valence-corrected chi connectivity index (χ0v) is 26.7. The molecule has 6 rings (SSSR count). The number of nitrogens with one attached hydrogen (secondary N) is 1. The van der Waals surface area contributed by atoms with Crippen molar-refractivity contribution in [2.75, 3.05) is 0 Å². The fourth-order valence-electron chi connectivity index (χ4n) is 5.96. The molecular formula is C40H37N3O5. The quantitative estimate of drug-likeness (QED) is 0.104. The van der Waals surface area contributed by atoms with E-state index in [0.29, 0.717) is 24.7 Å². The summed E-state index contributed by atoms with van der Waals surface area (Å²) in [5.41, 5.74) is 5.00. The van der Waals surface area contributed by atoms with Gasteiger partial charge in [-0.25, -0.2) is 9.97 Å². The summed E-state index contributed by atoms with van der Waals surface area (Å²) in [4.78, 5) is 20.5. The highest BCUT2D eigenvalue weighted by Crippen LogP contribution is 2.38. The fourth-order valence-corrected chi connectivity index (χ4v) is 5.96. The molecule has 8 heteroatoms. The van der Waals surface area contributed by atoms with Gasteiger partial charge in [-0.3, -0.25) is 4.79 Å². The average molecular weight is 640 g/mol. The predicted molar refractivity (Wildman–Crippen MR) is 187 cm³/mol. The zero-order valence-electron chi connectivity index (χ0n) is 26.7. The van der Waals surface area contributed by atoms with E-state index in [0.717, 1.165) is 44.3 Å². The van der Waals surface area contributed by atoms with Crippen molar-refractivity contribution in [1.29, 1.82) is 5.41 Å². The Morgan fingerprint density at radius 2 is 1.15 bits per heavy atom. The van der Waals surface area contributed by atoms with Crippen LogP contribution in [0.4, 0.5) is 0 Å². The van der Waals surface area contributed by atoms with Gasteiger partial charge in [0.25, 0.3) is 0 Å². The Bertz CT molecular complexity index is 1920. The molecule has 242 valence electrons. The second-order valence-electron chi connectivity index (χ2n) is 12.2. The Hall–Kier alpha value is -5.60. The molecule has 1 unspecified atom stereocenters. The molecule has 1 atom stereocenters. The van der Waals surface area contributed by atoms with Crippen LogP contribution in [-0.2, 0) is 23.4 Å². The van der Waals surface area contributed by atoms with Gasteiger partial charge in [0.05, 0.1) is 34.9 Å². The number of rotatable bonds is 14. The Kier molecular flexibility index (Phi) is 9.73. The first kappa shape index (κ1) is 32.3. The van der Waals surface area contributed by atoms with E-state index >= 15 is 0 Å². The summed E-state index contributed by atoms with van der Waals surface area (Å²) in [6.07, 6.45) is -1.28. The van der Waals surface area contributed by atoms with Gasteiger partial charge in [-0.2, -0.15) is 0 Å². The second kappa shape index (κ2) is 14.4. The molecule has 0 spiro atoms. The van der Waals surface area contributed by atoms with E-state index < -0.39 is 23.9 Å². The largest absolute Gasteiger partial charge is 0.487 e. The maximum absolute atomic E-state index is 11.1. The van der Waals surface area contributed by atoms with Gasteiger partial charge in [0.1, 0.15) is 24.7 Å². The lowest BCUT2D eigenvalue weighted by Gasteiger charge is -2.32. The molecule has 0 bridgehead atoms. The molecule has 0 amide bonds. The lowest BCUT2D eigenvalue weighted by atomic mass is 9.72. The van der Waals surface area contributed by atoms with Crippen LogP contribution in [-0.4, -0.2) is 38.0 Å². The highest BCUT2D eigenvalue weighted by Gasteiger charge is 2.31. The number of aliphatic hydroxyl groups is 1. The number of carboxylic acids is 1. The molecule has 0 fully saturated rings. The summed E-state index contributed by atoms with van der Waals surface area (Å²) in [5.74, 6) is 0.283. The van der Waals surface area contributed by atoms with E-state index in [1.807, 2.05) is 121 Å². The lowest BCUT2D eigenvalue weighted by Crippen LogP contribution is -2.29. The minimum Gasteiger partial charge on any atom is -0.487 e. The lowest BCUT2D eigenvalue weighted by molar-refractivity contribution is -0.139. The molecule has 0 aliphatic carbocycles. The number of para-hydroxylation sites is 2. The van der Waals surface area contributed by atoms with Crippen molar-refractivity contribution in [3.8, 4) is 11.5 Å². The summed E-state index contributed by atoms with van der Waals surface area (Å²) < 4.78 is 12.1. The Balaban J connectivity index is 1.18. The standard InChI is InChI=1S/C40H37N3O5/c1-40(24-31(41)22-34(44)23-39(45)46,29-12-18-35(19-13-29)47-25-32-16-10-27-6-2-4-8-37(27)42-32)30-14-20-36(21-15-30)48-26-33-17-11-28-7-3-5-9-38(28)43-33/h2-21,34,41,44H,22-26H2,1H3,(H,45,46). The Morgan fingerprint density at radius 3 is 1.60 bits per heavy atom. The highest BCUT2D eigenvalue weighted by molar-refractivity contribution is 5.84. The maximum atomic E-state index is 11.1. The molecule has 0 saturated heterocycles. The number of carboxylic acid groups (broad SMARTS) is 1. The number of fused-ring (bicyclic) bond motifs is 2. The molecule has 4 aromatic carbocycles. The molecular weight excluding hydrogens is 602 g/mol. The first-order chi connectivity index (χ1) is 23.2. The zero-order chi connectivity index (χ0) is 33.5. The SMILES string of the molecule is CC(CC(=N)CC(O)CC(=O)O)(c1ccc(OCc2ccc3ccccc3n2)cc1)c1ccc(OCc2ccc3ccccc3n2)cc1. The van der Waals surface area contributed by atoms with Gasteiger partial charge >= 0.3 is 5.97 Å². The van der Waals surface area contributed by atoms with E-state index in [1.165, 1.54) is 0 Å². The van der Waals surface area contributed by atoms with Crippen LogP contribution in [0.5, 0.6) is 11.5 Å². The number of hydrogen-bond acceptors (Lipinski definition) is 7. The number of hydrogen-bond donors (Lipinski definition) is 3. The molecule has 0 saturated carbocycles. The van der Waals surface area contributed by atoms with Crippen molar-refractivity contribution >= 4 is 33.5 Å². The van der Waals surface area contributed by atoms with E-state index in [2.05, 4.69) is 6.92 Å². The number of benzene rings is 4. The molecule has 8 nitrogen and oxygen atoms in total. The highest BCUT2D eigenvalue weighted by atomic mass is 16.5. The van der Waals surface area contributed by atoms with Crippen molar-refractivity contribution in [3.05, 3.63) is 144 Å². The second-order valence-corrected chi connectivity index (χ2v) is 12.2. The summed E-state index contributed by atoms with van der Waals surface area (Å²) >= 11 is 0. The monoisotopic (exact) mass is 639 g/mol. The van der Waals surface area contributed by atoms with E-state index in [9.17, 15) is 9.90 Å². The summed E-state index contributed by atoms with van der Waals surface area (Å²) in [7, 11) is 0. The third kappa shape index (κ3) is 7.85. The molecule has 3 N–H and O–H groups in total. The van der Waals surface area contributed by atoms with Crippen LogP contribution >= 0.6 is 0 Å². The minimum absolute atomic E-state index is 0.0260. The Labute approximate surface area is 279 Å². The van der Waals surface area contributed by atoms with Crippen LogP contribution in [0.25, 0.3) is 21.8 Å². The normalized spacial score (nSPS) is 12.1. The predicted octanol–water partition coefficient (Wildman–Crippen LogP) is 7.88. The third-order valence-corrected chi connectivity index (χ3v) is 8.53.